The standard InChI is InChI=1S/C22H24N2O4/c1-22(2,27)14-24-12-11-17-18(21(24)26)5-4-6-19(17)23-20(25)13-15-7-9-16(28-3)10-8-15/h4-12,27H,13-14H2,1-3H3,(H,23,25). The van der Waals surface area contributed by atoms with Crippen molar-refractivity contribution in [1.82, 2.24) is 4.57 Å². The number of aromatic nitrogens is 1. The Bertz CT molecular complexity index is 1050. The van der Waals surface area contributed by atoms with E-state index in [9.17, 15) is 14.7 Å². The third-order valence-corrected chi connectivity index (χ3v) is 4.37. The fourth-order valence-corrected chi connectivity index (χ4v) is 3.09. The molecule has 0 aliphatic rings. The number of methoxy groups -OCH3 is 1. The molecule has 3 aromatic rings. The average Bonchev–Trinajstić information content (AvgIpc) is 2.64. The Morgan fingerprint density at radius 2 is 1.82 bits per heavy atom. The number of nitrogens with one attached hydrogen (secondary N) is 1. The largest absolute Gasteiger partial charge is 0.497 e. The molecule has 0 radical (unpaired) electrons. The van der Waals surface area contributed by atoms with E-state index in [0.717, 1.165) is 11.3 Å². The summed E-state index contributed by atoms with van der Waals surface area (Å²) in [7, 11) is 1.59. The van der Waals surface area contributed by atoms with Gasteiger partial charge in [-0.15, -0.1) is 0 Å². The number of aliphatic hydroxyl groups is 1. The van der Waals surface area contributed by atoms with Crippen molar-refractivity contribution in [3.8, 4) is 5.75 Å². The number of ether oxygens (including phenoxy) is 1. The monoisotopic (exact) mass is 380 g/mol. The maximum absolute atomic E-state index is 12.7. The van der Waals surface area contributed by atoms with Crippen LogP contribution in [0.25, 0.3) is 10.8 Å². The van der Waals surface area contributed by atoms with Crippen molar-refractivity contribution in [2.75, 3.05) is 12.4 Å². The minimum Gasteiger partial charge on any atom is -0.497 e. The molecule has 2 N–H and O–H groups in total. The molecule has 1 heterocycles. The van der Waals surface area contributed by atoms with Crippen molar-refractivity contribution in [2.45, 2.75) is 32.4 Å². The van der Waals surface area contributed by atoms with Gasteiger partial charge in [-0.05, 0) is 49.7 Å². The molecule has 1 aromatic heterocycles. The lowest BCUT2D eigenvalue weighted by Crippen LogP contribution is -2.32. The fraction of sp³-hybridized carbons (Fsp3) is 0.273. The van der Waals surface area contributed by atoms with Crippen LogP contribution >= 0.6 is 0 Å². The van der Waals surface area contributed by atoms with Crippen LogP contribution in [0.1, 0.15) is 19.4 Å². The van der Waals surface area contributed by atoms with E-state index in [2.05, 4.69) is 5.32 Å². The maximum Gasteiger partial charge on any atom is 0.258 e. The van der Waals surface area contributed by atoms with Crippen molar-refractivity contribution in [3.63, 3.8) is 0 Å². The molecule has 0 aliphatic heterocycles. The summed E-state index contributed by atoms with van der Waals surface area (Å²) in [4.78, 5) is 25.2. The number of anilines is 1. The summed E-state index contributed by atoms with van der Waals surface area (Å²) in [5.74, 6) is 0.568. The second-order valence-corrected chi connectivity index (χ2v) is 7.40. The lowest BCUT2D eigenvalue weighted by molar-refractivity contribution is -0.115. The number of benzene rings is 2. The summed E-state index contributed by atoms with van der Waals surface area (Å²) >= 11 is 0. The first-order valence-electron chi connectivity index (χ1n) is 9.04. The van der Waals surface area contributed by atoms with E-state index < -0.39 is 5.60 Å². The predicted molar refractivity (Wildman–Crippen MR) is 110 cm³/mol. The molecule has 6 heteroatoms. The van der Waals surface area contributed by atoms with Crippen molar-refractivity contribution in [2.24, 2.45) is 0 Å². The summed E-state index contributed by atoms with van der Waals surface area (Å²) in [6.45, 7) is 3.49. The molecule has 6 nitrogen and oxygen atoms in total. The van der Waals surface area contributed by atoms with Gasteiger partial charge in [-0.25, -0.2) is 0 Å². The topological polar surface area (TPSA) is 80.6 Å². The normalized spacial score (nSPS) is 11.4. The van der Waals surface area contributed by atoms with Crippen LogP contribution in [0.3, 0.4) is 0 Å². The Kier molecular flexibility index (Phi) is 5.51. The van der Waals surface area contributed by atoms with Gasteiger partial charge in [0.1, 0.15) is 5.75 Å². The highest BCUT2D eigenvalue weighted by Gasteiger charge is 2.16. The molecular formula is C22H24N2O4. The van der Waals surface area contributed by atoms with Crippen LogP contribution in [-0.2, 0) is 17.8 Å². The Labute approximate surface area is 163 Å². The molecule has 0 unspecified atom stereocenters. The number of fused-ring (bicyclic) bond motifs is 1. The molecule has 0 saturated heterocycles. The second kappa shape index (κ2) is 7.86. The van der Waals surface area contributed by atoms with E-state index in [1.807, 2.05) is 24.3 Å². The van der Waals surface area contributed by atoms with Gasteiger partial charge in [-0.2, -0.15) is 0 Å². The quantitative estimate of drug-likeness (QED) is 0.689. The van der Waals surface area contributed by atoms with Gasteiger partial charge >= 0.3 is 0 Å². The highest BCUT2D eigenvalue weighted by atomic mass is 16.5. The zero-order valence-electron chi connectivity index (χ0n) is 16.2. The van der Waals surface area contributed by atoms with Crippen LogP contribution in [0, 0.1) is 0 Å². The molecule has 0 spiro atoms. The first kappa shape index (κ1) is 19.6. The Hall–Kier alpha value is -3.12. The Morgan fingerprint density at radius 3 is 2.46 bits per heavy atom. The molecule has 0 atom stereocenters. The van der Waals surface area contributed by atoms with E-state index >= 15 is 0 Å². The van der Waals surface area contributed by atoms with Crippen molar-refractivity contribution < 1.29 is 14.6 Å². The van der Waals surface area contributed by atoms with Crippen molar-refractivity contribution >= 4 is 22.4 Å². The smallest absolute Gasteiger partial charge is 0.258 e. The predicted octanol–water partition coefficient (Wildman–Crippen LogP) is 2.96. The fourth-order valence-electron chi connectivity index (χ4n) is 3.09. The van der Waals surface area contributed by atoms with Gasteiger partial charge in [-0.3, -0.25) is 9.59 Å². The lowest BCUT2D eigenvalue weighted by Gasteiger charge is -2.19. The number of hydrogen-bond acceptors (Lipinski definition) is 4. The van der Waals surface area contributed by atoms with Gasteiger partial charge < -0.3 is 19.7 Å². The first-order chi connectivity index (χ1) is 13.3. The van der Waals surface area contributed by atoms with Crippen LogP contribution in [0.2, 0.25) is 0 Å². The van der Waals surface area contributed by atoms with Crippen LogP contribution < -0.4 is 15.6 Å². The van der Waals surface area contributed by atoms with Crippen LogP contribution in [-0.4, -0.2) is 28.3 Å². The molecule has 3 rings (SSSR count). The molecule has 0 saturated carbocycles. The Balaban J connectivity index is 1.83. The molecule has 0 aliphatic carbocycles. The number of rotatable bonds is 6. The third kappa shape index (κ3) is 4.58. The molecule has 0 fully saturated rings. The third-order valence-electron chi connectivity index (χ3n) is 4.37. The van der Waals surface area contributed by atoms with Crippen molar-refractivity contribution in [1.29, 1.82) is 0 Å². The number of carbonyl (C=O) groups is 1. The van der Waals surface area contributed by atoms with Gasteiger partial charge in [0, 0.05) is 22.7 Å². The Morgan fingerprint density at radius 1 is 1.11 bits per heavy atom. The van der Waals surface area contributed by atoms with E-state index in [1.165, 1.54) is 4.57 Å². The summed E-state index contributed by atoms with van der Waals surface area (Å²) in [6.07, 6.45) is 1.86. The number of pyridine rings is 1. The van der Waals surface area contributed by atoms with Gasteiger partial charge in [-0.1, -0.05) is 18.2 Å². The number of hydrogen-bond donors (Lipinski definition) is 2. The summed E-state index contributed by atoms with van der Waals surface area (Å²) in [5.41, 5.74) is 0.252. The highest BCUT2D eigenvalue weighted by Crippen LogP contribution is 2.21. The van der Waals surface area contributed by atoms with E-state index in [4.69, 9.17) is 4.74 Å². The first-order valence-corrected chi connectivity index (χ1v) is 9.04. The van der Waals surface area contributed by atoms with Crippen LogP contribution in [0.4, 0.5) is 5.69 Å². The highest BCUT2D eigenvalue weighted by molar-refractivity contribution is 6.02. The maximum atomic E-state index is 12.7. The van der Waals surface area contributed by atoms with E-state index in [0.29, 0.717) is 16.5 Å². The number of carbonyl (C=O) groups excluding carboxylic acids is 1. The number of nitrogens with zero attached hydrogens (tertiary/aromatic N) is 1. The summed E-state index contributed by atoms with van der Waals surface area (Å²) in [5, 5.41) is 14.0. The van der Waals surface area contributed by atoms with Gasteiger partial charge in [0.05, 0.1) is 25.7 Å². The van der Waals surface area contributed by atoms with Gasteiger partial charge in [0.25, 0.3) is 5.56 Å². The van der Waals surface area contributed by atoms with Gasteiger partial charge in [0.2, 0.25) is 5.91 Å². The summed E-state index contributed by atoms with van der Waals surface area (Å²) < 4.78 is 6.60. The molecule has 1 amide bonds. The SMILES string of the molecule is COc1ccc(CC(=O)Nc2cccc3c(=O)n(CC(C)(C)O)ccc23)cc1. The molecule has 146 valence electrons. The van der Waals surface area contributed by atoms with Crippen LogP contribution in [0.15, 0.2) is 59.5 Å². The molecule has 0 bridgehead atoms. The lowest BCUT2D eigenvalue weighted by atomic mass is 10.1. The zero-order valence-corrected chi connectivity index (χ0v) is 16.2. The zero-order chi connectivity index (χ0) is 20.3. The molecule has 2 aromatic carbocycles. The van der Waals surface area contributed by atoms with Gasteiger partial charge in [0.15, 0.2) is 0 Å². The number of amides is 1. The molecular weight excluding hydrogens is 356 g/mol. The minimum atomic E-state index is -0.998. The second-order valence-electron chi connectivity index (χ2n) is 7.40. The summed E-state index contributed by atoms with van der Waals surface area (Å²) in [6, 6.07) is 14.3. The minimum absolute atomic E-state index is 0.168. The molecule has 28 heavy (non-hydrogen) atoms. The van der Waals surface area contributed by atoms with E-state index in [1.54, 1.807) is 51.4 Å². The van der Waals surface area contributed by atoms with Crippen LogP contribution in [0.5, 0.6) is 5.75 Å². The van der Waals surface area contributed by atoms with Crippen molar-refractivity contribution in [3.05, 3.63) is 70.6 Å². The average molecular weight is 380 g/mol. The van der Waals surface area contributed by atoms with E-state index in [-0.39, 0.29) is 24.4 Å².